The number of benzene rings is 2. The minimum atomic E-state index is -0.144. The number of aromatic nitrogens is 2. The van der Waals surface area contributed by atoms with Gasteiger partial charge in [-0.15, -0.1) is 0 Å². The van der Waals surface area contributed by atoms with Gasteiger partial charge >= 0.3 is 0 Å². The molecule has 2 heterocycles. The van der Waals surface area contributed by atoms with Crippen molar-refractivity contribution in [3.05, 3.63) is 96.1 Å². The second kappa shape index (κ2) is 7.56. The first-order valence-electron chi connectivity index (χ1n) is 9.12. The Labute approximate surface area is 163 Å². The van der Waals surface area contributed by atoms with Crippen LogP contribution in [-0.2, 0) is 6.54 Å². The number of furan rings is 1. The zero-order chi connectivity index (χ0) is 19.5. The summed E-state index contributed by atoms with van der Waals surface area (Å²) in [6, 6.07) is 21.8. The van der Waals surface area contributed by atoms with Crippen LogP contribution in [0.25, 0.3) is 16.9 Å². The molecule has 0 bridgehead atoms. The van der Waals surface area contributed by atoms with Gasteiger partial charge in [-0.05, 0) is 25.1 Å². The Morgan fingerprint density at radius 3 is 2.36 bits per heavy atom. The normalized spacial score (nSPS) is 10.8. The molecular formula is C23H21N3O2. The van der Waals surface area contributed by atoms with Gasteiger partial charge in [-0.2, -0.15) is 5.10 Å². The van der Waals surface area contributed by atoms with E-state index in [2.05, 4.69) is 0 Å². The van der Waals surface area contributed by atoms with Gasteiger partial charge in [-0.25, -0.2) is 4.68 Å². The third kappa shape index (κ3) is 3.47. The number of aryl methyl sites for hydroxylation is 1. The van der Waals surface area contributed by atoms with E-state index < -0.39 is 0 Å². The van der Waals surface area contributed by atoms with Gasteiger partial charge < -0.3 is 9.32 Å². The predicted octanol–water partition coefficient (Wildman–Crippen LogP) is 4.71. The molecule has 0 saturated carbocycles. The summed E-state index contributed by atoms with van der Waals surface area (Å²) in [5.41, 5.74) is 4.65. The predicted molar refractivity (Wildman–Crippen MR) is 108 cm³/mol. The van der Waals surface area contributed by atoms with E-state index in [1.807, 2.05) is 78.5 Å². The maximum Gasteiger partial charge on any atom is 0.289 e. The minimum absolute atomic E-state index is 0.144. The van der Waals surface area contributed by atoms with E-state index in [1.165, 1.54) is 0 Å². The number of amides is 1. The zero-order valence-corrected chi connectivity index (χ0v) is 15.9. The first kappa shape index (κ1) is 17.8. The third-order valence-electron chi connectivity index (χ3n) is 4.67. The van der Waals surface area contributed by atoms with Crippen molar-refractivity contribution in [3.63, 3.8) is 0 Å². The highest BCUT2D eigenvalue weighted by Crippen LogP contribution is 2.25. The van der Waals surface area contributed by atoms with Crippen molar-refractivity contribution < 1.29 is 9.21 Å². The Hall–Kier alpha value is -3.60. The summed E-state index contributed by atoms with van der Waals surface area (Å²) in [6.07, 6.45) is 3.52. The topological polar surface area (TPSA) is 51.3 Å². The molecule has 0 aliphatic carbocycles. The van der Waals surface area contributed by atoms with Gasteiger partial charge in [0.15, 0.2) is 5.76 Å². The molecule has 0 atom stereocenters. The standard InChI is InChI=1S/C23H21N3O2/c1-17-13-14-28-22(17)23(27)25(2)15-19-16-26(20-11-7-4-8-12-20)24-21(19)18-9-5-3-6-10-18/h3-14,16H,15H2,1-2H3. The van der Waals surface area contributed by atoms with Crippen LogP contribution in [0.1, 0.15) is 21.7 Å². The van der Waals surface area contributed by atoms with E-state index >= 15 is 0 Å². The number of carbonyl (C=O) groups excluding carboxylic acids is 1. The molecule has 0 spiro atoms. The maximum atomic E-state index is 12.8. The maximum absolute atomic E-state index is 12.8. The molecule has 0 aliphatic heterocycles. The molecule has 4 rings (SSSR count). The van der Waals surface area contributed by atoms with E-state index in [0.717, 1.165) is 28.1 Å². The van der Waals surface area contributed by atoms with E-state index in [1.54, 1.807) is 24.3 Å². The minimum Gasteiger partial charge on any atom is -0.459 e. The van der Waals surface area contributed by atoms with Crippen molar-refractivity contribution in [2.45, 2.75) is 13.5 Å². The fourth-order valence-electron chi connectivity index (χ4n) is 3.17. The molecule has 0 unspecified atom stereocenters. The van der Waals surface area contributed by atoms with Crippen LogP contribution in [0.3, 0.4) is 0 Å². The molecule has 140 valence electrons. The van der Waals surface area contributed by atoms with E-state index in [9.17, 15) is 4.79 Å². The summed E-state index contributed by atoms with van der Waals surface area (Å²) in [5, 5.41) is 4.80. The first-order valence-corrected chi connectivity index (χ1v) is 9.12. The van der Waals surface area contributed by atoms with Gasteiger partial charge in [0, 0.05) is 36.5 Å². The van der Waals surface area contributed by atoms with Crippen LogP contribution < -0.4 is 0 Å². The average molecular weight is 371 g/mol. The van der Waals surface area contributed by atoms with Gasteiger partial charge in [0.25, 0.3) is 5.91 Å². The SMILES string of the molecule is Cc1ccoc1C(=O)N(C)Cc1cn(-c2ccccc2)nc1-c1ccccc1. The number of para-hydroxylation sites is 1. The van der Waals surface area contributed by atoms with E-state index in [0.29, 0.717) is 12.3 Å². The molecule has 2 aromatic carbocycles. The average Bonchev–Trinajstić information content (AvgIpc) is 3.35. The lowest BCUT2D eigenvalue weighted by molar-refractivity contribution is 0.0752. The van der Waals surface area contributed by atoms with Crippen molar-refractivity contribution in [3.8, 4) is 16.9 Å². The highest BCUT2D eigenvalue weighted by Gasteiger charge is 2.20. The Morgan fingerprint density at radius 2 is 1.71 bits per heavy atom. The summed E-state index contributed by atoms with van der Waals surface area (Å²) in [7, 11) is 1.78. The van der Waals surface area contributed by atoms with Crippen LogP contribution in [-0.4, -0.2) is 27.6 Å². The monoisotopic (exact) mass is 371 g/mol. The van der Waals surface area contributed by atoms with Crippen molar-refractivity contribution in [1.82, 2.24) is 14.7 Å². The van der Waals surface area contributed by atoms with Crippen LogP contribution in [0.4, 0.5) is 0 Å². The summed E-state index contributed by atoms with van der Waals surface area (Å²) >= 11 is 0. The van der Waals surface area contributed by atoms with E-state index in [4.69, 9.17) is 9.52 Å². The molecule has 0 N–H and O–H groups in total. The third-order valence-corrected chi connectivity index (χ3v) is 4.67. The largest absolute Gasteiger partial charge is 0.459 e. The molecule has 1 amide bonds. The highest BCUT2D eigenvalue weighted by molar-refractivity contribution is 5.92. The molecule has 5 nitrogen and oxygen atoms in total. The fraction of sp³-hybridized carbons (Fsp3) is 0.130. The molecular weight excluding hydrogens is 350 g/mol. The van der Waals surface area contributed by atoms with Crippen LogP contribution in [0.2, 0.25) is 0 Å². The Balaban J connectivity index is 1.70. The second-order valence-electron chi connectivity index (χ2n) is 6.74. The van der Waals surface area contributed by atoms with Gasteiger partial charge in [0.1, 0.15) is 0 Å². The van der Waals surface area contributed by atoms with Crippen LogP contribution in [0, 0.1) is 6.92 Å². The van der Waals surface area contributed by atoms with Crippen LogP contribution in [0.5, 0.6) is 0 Å². The molecule has 0 saturated heterocycles. The Kier molecular flexibility index (Phi) is 4.81. The van der Waals surface area contributed by atoms with Crippen molar-refractivity contribution in [2.24, 2.45) is 0 Å². The summed E-state index contributed by atoms with van der Waals surface area (Å²) in [4.78, 5) is 14.4. The van der Waals surface area contributed by atoms with E-state index in [-0.39, 0.29) is 5.91 Å². The molecule has 2 aromatic heterocycles. The lowest BCUT2D eigenvalue weighted by Crippen LogP contribution is -2.26. The van der Waals surface area contributed by atoms with Crippen molar-refractivity contribution in [1.29, 1.82) is 0 Å². The van der Waals surface area contributed by atoms with Gasteiger partial charge in [-0.3, -0.25) is 4.79 Å². The number of hydrogen-bond donors (Lipinski definition) is 0. The number of carbonyl (C=O) groups is 1. The molecule has 0 fully saturated rings. The lowest BCUT2D eigenvalue weighted by Gasteiger charge is -2.16. The molecule has 5 heteroatoms. The molecule has 28 heavy (non-hydrogen) atoms. The second-order valence-corrected chi connectivity index (χ2v) is 6.74. The zero-order valence-electron chi connectivity index (χ0n) is 15.9. The van der Waals surface area contributed by atoms with Crippen molar-refractivity contribution >= 4 is 5.91 Å². The van der Waals surface area contributed by atoms with Crippen LogP contribution >= 0.6 is 0 Å². The quantitative estimate of drug-likeness (QED) is 0.510. The molecule has 0 radical (unpaired) electrons. The van der Waals surface area contributed by atoms with Gasteiger partial charge in [0.2, 0.25) is 0 Å². The highest BCUT2D eigenvalue weighted by atomic mass is 16.3. The number of rotatable bonds is 5. The summed E-state index contributed by atoms with van der Waals surface area (Å²) in [6.45, 7) is 2.30. The van der Waals surface area contributed by atoms with Gasteiger partial charge in [-0.1, -0.05) is 48.5 Å². The molecule has 0 aliphatic rings. The summed E-state index contributed by atoms with van der Waals surface area (Å²) < 4.78 is 7.22. The smallest absolute Gasteiger partial charge is 0.289 e. The first-order chi connectivity index (χ1) is 13.6. The Morgan fingerprint density at radius 1 is 1.04 bits per heavy atom. The van der Waals surface area contributed by atoms with Gasteiger partial charge in [0.05, 0.1) is 17.6 Å². The lowest BCUT2D eigenvalue weighted by atomic mass is 10.1. The van der Waals surface area contributed by atoms with Crippen molar-refractivity contribution in [2.75, 3.05) is 7.05 Å². The number of hydrogen-bond acceptors (Lipinski definition) is 3. The summed E-state index contributed by atoms with van der Waals surface area (Å²) in [5.74, 6) is 0.230. The molecule has 4 aromatic rings. The number of nitrogens with zero attached hydrogens (tertiary/aromatic N) is 3. The fourth-order valence-corrected chi connectivity index (χ4v) is 3.17. The van der Waals surface area contributed by atoms with Crippen LogP contribution in [0.15, 0.2) is 83.6 Å². The Bertz CT molecular complexity index is 1080.